The quantitative estimate of drug-likeness (QED) is 0.451. The Balaban J connectivity index is 2.43. The topological polar surface area (TPSA) is 93.1 Å². The molecule has 0 amide bonds. The third-order valence-electron chi connectivity index (χ3n) is 4.84. The number of carbonyl (C=O) groups excluding carboxylic acids is 2. The van der Waals surface area contributed by atoms with Crippen molar-refractivity contribution in [2.24, 2.45) is 5.92 Å². The average Bonchev–Trinajstić information content (AvgIpc) is 2.91. The van der Waals surface area contributed by atoms with Crippen molar-refractivity contribution in [2.75, 3.05) is 13.2 Å². The molecule has 0 aromatic carbocycles. The van der Waals surface area contributed by atoms with E-state index in [1.807, 2.05) is 6.08 Å². The van der Waals surface area contributed by atoms with E-state index in [0.29, 0.717) is 30.4 Å². The highest BCUT2D eigenvalue weighted by molar-refractivity contribution is 5.91. The Morgan fingerprint density at radius 2 is 2.08 bits per heavy atom. The molecule has 0 aromatic heterocycles. The molecule has 1 aliphatic carbocycles. The molecule has 0 spiro atoms. The maximum absolute atomic E-state index is 12.3. The Morgan fingerprint density at radius 1 is 1.38 bits per heavy atom. The molecule has 2 N–H and O–H groups in total. The van der Waals surface area contributed by atoms with Crippen molar-refractivity contribution in [3.8, 4) is 0 Å². The summed E-state index contributed by atoms with van der Waals surface area (Å²) in [5, 5.41) is 19.2. The van der Waals surface area contributed by atoms with Crippen LogP contribution in [0.4, 0.5) is 0 Å². The Labute approximate surface area is 153 Å². The van der Waals surface area contributed by atoms with Crippen LogP contribution >= 0.6 is 0 Å². The Hall–Kier alpha value is -2.18. The molecule has 0 aromatic rings. The normalized spacial score (nSPS) is 31.2. The number of ether oxygens (including phenoxy) is 2. The van der Waals surface area contributed by atoms with Gasteiger partial charge in [0.1, 0.15) is 12.2 Å². The van der Waals surface area contributed by atoms with Crippen LogP contribution in [0, 0.1) is 5.92 Å². The van der Waals surface area contributed by atoms with Gasteiger partial charge in [0.2, 0.25) is 0 Å². The SMILES string of the molecule is C=C1C(=O)O[C@H]2C/C(CO)=C\CC/C(CO)=C\[C@@H](OC(=O)/C(C)=C/C)[C@H]12. The second kappa shape index (κ2) is 8.96. The van der Waals surface area contributed by atoms with Crippen LogP contribution < -0.4 is 0 Å². The summed E-state index contributed by atoms with van der Waals surface area (Å²) < 4.78 is 11.1. The summed E-state index contributed by atoms with van der Waals surface area (Å²) in [7, 11) is 0. The fraction of sp³-hybridized carbons (Fsp3) is 0.500. The predicted octanol–water partition coefficient (Wildman–Crippen LogP) is 1.98. The molecule has 26 heavy (non-hydrogen) atoms. The monoisotopic (exact) mass is 362 g/mol. The maximum Gasteiger partial charge on any atom is 0.334 e. The molecule has 6 nitrogen and oxygen atoms in total. The highest BCUT2D eigenvalue weighted by Gasteiger charge is 2.44. The molecule has 142 valence electrons. The first-order valence-corrected chi connectivity index (χ1v) is 8.74. The molecule has 0 bridgehead atoms. The number of aliphatic hydroxyl groups is 2. The van der Waals surface area contributed by atoms with Gasteiger partial charge in [0.05, 0.1) is 19.1 Å². The van der Waals surface area contributed by atoms with Crippen LogP contribution in [0.15, 0.2) is 47.1 Å². The summed E-state index contributed by atoms with van der Waals surface area (Å²) >= 11 is 0. The highest BCUT2D eigenvalue weighted by Crippen LogP contribution is 2.36. The fourth-order valence-electron chi connectivity index (χ4n) is 3.15. The van der Waals surface area contributed by atoms with Crippen molar-refractivity contribution in [2.45, 2.75) is 45.3 Å². The van der Waals surface area contributed by atoms with Crippen LogP contribution in [0.1, 0.15) is 33.1 Å². The van der Waals surface area contributed by atoms with E-state index in [4.69, 9.17) is 9.47 Å². The third kappa shape index (κ3) is 4.51. The minimum absolute atomic E-state index is 0.145. The van der Waals surface area contributed by atoms with Crippen molar-refractivity contribution in [3.63, 3.8) is 0 Å². The van der Waals surface area contributed by atoms with Crippen molar-refractivity contribution in [3.05, 3.63) is 47.1 Å². The minimum Gasteiger partial charge on any atom is -0.458 e. The molecule has 1 aliphatic heterocycles. The van der Waals surface area contributed by atoms with E-state index < -0.39 is 30.1 Å². The van der Waals surface area contributed by atoms with E-state index in [1.165, 1.54) is 0 Å². The van der Waals surface area contributed by atoms with Gasteiger partial charge in [-0.05, 0) is 43.9 Å². The smallest absolute Gasteiger partial charge is 0.334 e. The number of hydrogen-bond donors (Lipinski definition) is 2. The lowest BCUT2D eigenvalue weighted by molar-refractivity contribution is -0.145. The van der Waals surface area contributed by atoms with Gasteiger partial charge in [0.15, 0.2) is 0 Å². The number of hydrogen-bond acceptors (Lipinski definition) is 6. The van der Waals surface area contributed by atoms with E-state index in [9.17, 15) is 19.8 Å². The Kier molecular flexibility index (Phi) is 6.94. The molecule has 3 atom stereocenters. The molecule has 0 unspecified atom stereocenters. The average molecular weight is 362 g/mol. The van der Waals surface area contributed by atoms with E-state index in [0.717, 1.165) is 5.57 Å². The van der Waals surface area contributed by atoms with Gasteiger partial charge in [0, 0.05) is 17.6 Å². The lowest BCUT2D eigenvalue weighted by atomic mass is 9.85. The summed E-state index contributed by atoms with van der Waals surface area (Å²) in [4.78, 5) is 24.4. The zero-order chi connectivity index (χ0) is 19.3. The number of carbonyl (C=O) groups is 2. The van der Waals surface area contributed by atoms with E-state index in [2.05, 4.69) is 6.58 Å². The number of esters is 2. The molecule has 1 fully saturated rings. The van der Waals surface area contributed by atoms with Gasteiger partial charge in [-0.15, -0.1) is 0 Å². The first-order valence-electron chi connectivity index (χ1n) is 8.74. The third-order valence-corrected chi connectivity index (χ3v) is 4.84. The molecule has 0 saturated carbocycles. The zero-order valence-electron chi connectivity index (χ0n) is 15.2. The predicted molar refractivity (Wildman–Crippen MR) is 96.0 cm³/mol. The second-order valence-corrected chi connectivity index (χ2v) is 6.58. The van der Waals surface area contributed by atoms with Crippen LogP contribution in [-0.2, 0) is 19.1 Å². The molecular formula is C20H26O6. The summed E-state index contributed by atoms with van der Waals surface area (Å²) in [5.41, 5.74) is 2.13. The number of aliphatic hydroxyl groups excluding tert-OH is 2. The van der Waals surface area contributed by atoms with Gasteiger partial charge < -0.3 is 19.7 Å². The first kappa shape index (κ1) is 20.1. The summed E-state index contributed by atoms with van der Waals surface area (Å²) in [6.07, 6.45) is 5.43. The van der Waals surface area contributed by atoms with Crippen LogP contribution in [-0.4, -0.2) is 47.6 Å². The first-order chi connectivity index (χ1) is 12.4. The van der Waals surface area contributed by atoms with E-state index in [-0.39, 0.29) is 18.8 Å². The van der Waals surface area contributed by atoms with Crippen LogP contribution in [0.3, 0.4) is 0 Å². The van der Waals surface area contributed by atoms with Crippen molar-refractivity contribution in [1.29, 1.82) is 0 Å². The minimum atomic E-state index is -0.776. The molecule has 6 heteroatoms. The largest absolute Gasteiger partial charge is 0.458 e. The molecule has 1 saturated heterocycles. The molecular weight excluding hydrogens is 336 g/mol. The van der Waals surface area contributed by atoms with Crippen LogP contribution in [0.25, 0.3) is 0 Å². The van der Waals surface area contributed by atoms with Crippen molar-refractivity contribution in [1.82, 2.24) is 0 Å². The van der Waals surface area contributed by atoms with Gasteiger partial charge in [-0.25, -0.2) is 9.59 Å². The standard InChI is InChI=1S/C20H26O6/c1-4-12(2)19(23)25-16-8-14(10-21)6-5-7-15(11-22)9-17-18(16)13(3)20(24)26-17/h4,7-8,16-18,21-22H,3,5-6,9-11H2,1-2H3/b12-4+,14-8+,15-7+/t16-,17+,18+/m1/s1. The van der Waals surface area contributed by atoms with Gasteiger partial charge in [0.25, 0.3) is 0 Å². The Bertz CT molecular complexity index is 670. The van der Waals surface area contributed by atoms with Gasteiger partial charge >= 0.3 is 11.9 Å². The molecule has 1 heterocycles. The van der Waals surface area contributed by atoms with Crippen molar-refractivity contribution < 1.29 is 29.3 Å². The number of fused-ring (bicyclic) bond motifs is 1. The van der Waals surface area contributed by atoms with Crippen LogP contribution in [0.5, 0.6) is 0 Å². The van der Waals surface area contributed by atoms with Gasteiger partial charge in [-0.1, -0.05) is 18.7 Å². The zero-order valence-corrected chi connectivity index (χ0v) is 15.2. The summed E-state index contributed by atoms with van der Waals surface area (Å²) in [6.45, 7) is 6.87. The van der Waals surface area contributed by atoms with Crippen molar-refractivity contribution >= 4 is 11.9 Å². The van der Waals surface area contributed by atoms with E-state index in [1.54, 1.807) is 26.0 Å². The Morgan fingerprint density at radius 3 is 2.69 bits per heavy atom. The van der Waals surface area contributed by atoms with Gasteiger partial charge in [-0.3, -0.25) is 0 Å². The van der Waals surface area contributed by atoms with Gasteiger partial charge in [-0.2, -0.15) is 0 Å². The fourth-order valence-corrected chi connectivity index (χ4v) is 3.15. The summed E-state index contributed by atoms with van der Waals surface area (Å²) in [6, 6.07) is 0. The highest BCUT2D eigenvalue weighted by atomic mass is 16.6. The maximum atomic E-state index is 12.3. The number of allylic oxidation sites excluding steroid dienone is 2. The van der Waals surface area contributed by atoms with Crippen LogP contribution in [0.2, 0.25) is 0 Å². The lowest BCUT2D eigenvalue weighted by Gasteiger charge is -2.27. The van der Waals surface area contributed by atoms with E-state index >= 15 is 0 Å². The summed E-state index contributed by atoms with van der Waals surface area (Å²) in [5.74, 6) is -1.59. The lowest BCUT2D eigenvalue weighted by Crippen LogP contribution is -2.33. The molecule has 2 rings (SSSR count). The second-order valence-electron chi connectivity index (χ2n) is 6.58. The number of rotatable bonds is 4. The molecule has 0 radical (unpaired) electrons. The molecule has 2 aliphatic rings.